The summed E-state index contributed by atoms with van der Waals surface area (Å²) in [5, 5.41) is 0. The van der Waals surface area contributed by atoms with E-state index in [1.54, 1.807) is 0 Å². The smallest absolute Gasteiger partial charge is 0.429 e. The Bertz CT molecular complexity index is 1270. The lowest BCUT2D eigenvalue weighted by Gasteiger charge is -2.30. The summed E-state index contributed by atoms with van der Waals surface area (Å²) < 4.78 is 121. The van der Waals surface area contributed by atoms with Gasteiger partial charge in [0.1, 0.15) is 28.8 Å². The second-order valence-corrected chi connectivity index (χ2v) is 9.04. The first kappa shape index (κ1) is 28.8. The molecule has 0 amide bonds. The predicted molar refractivity (Wildman–Crippen MR) is 126 cm³/mol. The van der Waals surface area contributed by atoms with Crippen LogP contribution in [0, 0.1) is 35.0 Å². The normalized spacial score (nSPS) is 17.8. The molecule has 1 fully saturated rings. The zero-order chi connectivity index (χ0) is 28.2. The van der Waals surface area contributed by atoms with Crippen LogP contribution < -0.4 is 4.74 Å². The number of halogens is 7. The van der Waals surface area contributed by atoms with E-state index >= 15 is 0 Å². The summed E-state index contributed by atoms with van der Waals surface area (Å²) >= 11 is 0. The van der Waals surface area contributed by atoms with Gasteiger partial charge in [0.15, 0.2) is 17.9 Å². The van der Waals surface area contributed by atoms with Gasteiger partial charge in [-0.3, -0.25) is 0 Å². The SMILES string of the molecule is CCCCOCC1COC(c2cc(F)c(C(F)(F)Oc3ccc(-c4ccc(F)c(F)c4)c(F)c3)c(F)c2)OC1. The fourth-order valence-corrected chi connectivity index (χ4v) is 3.99. The third-order valence-corrected chi connectivity index (χ3v) is 6.01. The molecule has 0 N–H and O–H groups in total. The molecule has 0 radical (unpaired) electrons. The zero-order valence-electron chi connectivity index (χ0n) is 20.8. The Kier molecular flexibility index (Phi) is 9.14. The maximum atomic E-state index is 14.8. The number of benzene rings is 3. The first-order chi connectivity index (χ1) is 18.6. The van der Waals surface area contributed by atoms with E-state index in [2.05, 4.69) is 4.74 Å². The van der Waals surface area contributed by atoms with Crippen LogP contribution in [-0.4, -0.2) is 26.4 Å². The molecule has 0 bridgehead atoms. The van der Waals surface area contributed by atoms with Crippen LogP contribution in [0.25, 0.3) is 11.1 Å². The molecule has 11 heteroatoms. The second kappa shape index (κ2) is 12.4. The largest absolute Gasteiger partial charge is 0.432 e. The number of unbranched alkanes of at least 4 members (excludes halogenated alkanes) is 1. The number of rotatable bonds is 10. The molecule has 4 nitrogen and oxygen atoms in total. The van der Waals surface area contributed by atoms with Crippen LogP contribution in [0.2, 0.25) is 0 Å². The van der Waals surface area contributed by atoms with Crippen molar-refractivity contribution in [1.29, 1.82) is 0 Å². The van der Waals surface area contributed by atoms with Crippen LogP contribution >= 0.6 is 0 Å². The molecule has 0 atom stereocenters. The summed E-state index contributed by atoms with van der Waals surface area (Å²) in [6.45, 7) is 3.39. The van der Waals surface area contributed by atoms with Crippen molar-refractivity contribution in [2.24, 2.45) is 5.92 Å². The fourth-order valence-electron chi connectivity index (χ4n) is 3.99. The van der Waals surface area contributed by atoms with Crippen molar-refractivity contribution in [3.63, 3.8) is 0 Å². The Morgan fingerprint density at radius 2 is 1.51 bits per heavy atom. The van der Waals surface area contributed by atoms with Gasteiger partial charge in [-0.05, 0) is 48.4 Å². The van der Waals surface area contributed by atoms with Gasteiger partial charge in [0.25, 0.3) is 0 Å². The number of alkyl halides is 2. The van der Waals surface area contributed by atoms with Crippen molar-refractivity contribution in [2.75, 3.05) is 26.4 Å². The Hall–Kier alpha value is -3.15. The molecule has 0 aromatic heterocycles. The third kappa shape index (κ3) is 6.90. The minimum absolute atomic E-state index is 0.0557. The maximum Gasteiger partial charge on any atom is 0.432 e. The zero-order valence-corrected chi connectivity index (χ0v) is 20.8. The van der Waals surface area contributed by atoms with E-state index in [9.17, 15) is 30.7 Å². The van der Waals surface area contributed by atoms with Gasteiger partial charge < -0.3 is 18.9 Å². The van der Waals surface area contributed by atoms with Crippen molar-refractivity contribution >= 4 is 0 Å². The summed E-state index contributed by atoms with van der Waals surface area (Å²) in [5.41, 5.74) is -2.11. The number of hydrogen-bond acceptors (Lipinski definition) is 4. The van der Waals surface area contributed by atoms with Gasteiger partial charge in [-0.25, -0.2) is 22.0 Å². The van der Waals surface area contributed by atoms with Crippen LogP contribution in [0.1, 0.15) is 37.2 Å². The molecule has 210 valence electrons. The van der Waals surface area contributed by atoms with E-state index < -0.39 is 52.8 Å². The maximum absolute atomic E-state index is 14.8. The number of ether oxygens (including phenoxy) is 4. The van der Waals surface area contributed by atoms with Gasteiger partial charge in [-0.1, -0.05) is 19.4 Å². The molecule has 3 aromatic carbocycles. The van der Waals surface area contributed by atoms with Crippen molar-refractivity contribution in [3.05, 3.63) is 88.7 Å². The molecule has 1 aliphatic rings. The highest BCUT2D eigenvalue weighted by Crippen LogP contribution is 2.38. The van der Waals surface area contributed by atoms with E-state index in [1.165, 1.54) is 0 Å². The lowest BCUT2D eigenvalue weighted by atomic mass is 10.0. The molecule has 3 aromatic rings. The van der Waals surface area contributed by atoms with Crippen LogP contribution in [0.4, 0.5) is 30.7 Å². The minimum Gasteiger partial charge on any atom is -0.429 e. The molecule has 1 heterocycles. The summed E-state index contributed by atoms with van der Waals surface area (Å²) in [5.74, 6) is -7.56. The Labute approximate surface area is 220 Å². The van der Waals surface area contributed by atoms with Gasteiger partial charge in [0.2, 0.25) is 0 Å². The summed E-state index contributed by atoms with van der Waals surface area (Å²) in [6, 6.07) is 6.36. The lowest BCUT2D eigenvalue weighted by Crippen LogP contribution is -2.31. The molecule has 1 saturated heterocycles. The predicted octanol–water partition coefficient (Wildman–Crippen LogP) is 7.66. The molecule has 0 unspecified atom stereocenters. The highest BCUT2D eigenvalue weighted by atomic mass is 19.3. The van der Waals surface area contributed by atoms with Crippen LogP contribution in [-0.2, 0) is 20.3 Å². The van der Waals surface area contributed by atoms with E-state index in [0.717, 1.165) is 43.2 Å². The third-order valence-electron chi connectivity index (χ3n) is 6.01. The Balaban J connectivity index is 1.45. The summed E-state index contributed by atoms with van der Waals surface area (Å²) in [4.78, 5) is 0. The van der Waals surface area contributed by atoms with Crippen LogP contribution in [0.5, 0.6) is 5.75 Å². The fraction of sp³-hybridized carbons (Fsp3) is 0.357. The van der Waals surface area contributed by atoms with Gasteiger partial charge in [0.05, 0.1) is 19.8 Å². The summed E-state index contributed by atoms with van der Waals surface area (Å²) in [7, 11) is 0. The number of hydrogen-bond donors (Lipinski definition) is 0. The molecule has 4 rings (SSSR count). The van der Waals surface area contributed by atoms with E-state index in [4.69, 9.17) is 14.2 Å². The second-order valence-electron chi connectivity index (χ2n) is 9.04. The molecular formula is C28H25F7O4. The molecule has 0 saturated carbocycles. The topological polar surface area (TPSA) is 36.9 Å². The van der Waals surface area contributed by atoms with Crippen LogP contribution in [0.15, 0.2) is 48.5 Å². The van der Waals surface area contributed by atoms with Gasteiger partial charge in [-0.2, -0.15) is 8.78 Å². The average molecular weight is 558 g/mol. The van der Waals surface area contributed by atoms with Crippen molar-refractivity contribution in [3.8, 4) is 16.9 Å². The standard InChI is InChI=1S/C28H25F7O4/c1-2-3-8-36-13-16-14-37-27(38-15-16)18-10-24(32)26(25(33)11-18)28(34,35)39-19-5-6-20(22(30)12-19)17-4-7-21(29)23(31)9-17/h4-7,9-12,16,27H,2-3,8,13-15H2,1H3. The van der Waals surface area contributed by atoms with Crippen molar-refractivity contribution in [1.82, 2.24) is 0 Å². The van der Waals surface area contributed by atoms with Crippen LogP contribution in [0.3, 0.4) is 0 Å². The van der Waals surface area contributed by atoms with E-state index in [1.807, 2.05) is 6.92 Å². The summed E-state index contributed by atoms with van der Waals surface area (Å²) in [6.07, 6.45) is -3.80. The monoisotopic (exact) mass is 558 g/mol. The quantitative estimate of drug-likeness (QED) is 0.189. The van der Waals surface area contributed by atoms with E-state index in [0.29, 0.717) is 31.4 Å². The van der Waals surface area contributed by atoms with Gasteiger partial charge in [0, 0.05) is 29.7 Å². The Morgan fingerprint density at radius 3 is 2.13 bits per heavy atom. The van der Waals surface area contributed by atoms with Gasteiger partial charge in [-0.15, -0.1) is 0 Å². The van der Waals surface area contributed by atoms with Crippen molar-refractivity contribution < 1.29 is 49.7 Å². The minimum atomic E-state index is -4.53. The molecular weight excluding hydrogens is 533 g/mol. The molecule has 0 aliphatic carbocycles. The molecule has 0 spiro atoms. The molecule has 39 heavy (non-hydrogen) atoms. The van der Waals surface area contributed by atoms with Gasteiger partial charge >= 0.3 is 6.11 Å². The lowest BCUT2D eigenvalue weighted by molar-refractivity contribution is -0.212. The first-order valence-corrected chi connectivity index (χ1v) is 12.2. The first-order valence-electron chi connectivity index (χ1n) is 12.2. The molecule has 1 aliphatic heterocycles. The highest BCUT2D eigenvalue weighted by Gasteiger charge is 2.42. The highest BCUT2D eigenvalue weighted by molar-refractivity contribution is 5.65. The van der Waals surface area contributed by atoms with Crippen molar-refractivity contribution in [2.45, 2.75) is 32.2 Å². The average Bonchev–Trinajstić information content (AvgIpc) is 2.88. The van der Waals surface area contributed by atoms with E-state index in [-0.39, 0.29) is 35.8 Å². The Morgan fingerprint density at radius 1 is 0.821 bits per heavy atom.